The van der Waals surface area contributed by atoms with Gasteiger partial charge in [0, 0.05) is 22.9 Å². The van der Waals surface area contributed by atoms with E-state index in [0.717, 1.165) is 16.9 Å². The largest absolute Gasteiger partial charge is 0.497 e. The van der Waals surface area contributed by atoms with Crippen molar-refractivity contribution in [2.24, 2.45) is 0 Å². The fourth-order valence-electron chi connectivity index (χ4n) is 3.93. The fourth-order valence-corrected chi connectivity index (χ4v) is 3.93. The summed E-state index contributed by atoms with van der Waals surface area (Å²) in [5.41, 5.74) is 1.54. The summed E-state index contributed by atoms with van der Waals surface area (Å²) in [6.07, 6.45) is 0. The van der Waals surface area contributed by atoms with Gasteiger partial charge in [0.25, 0.3) is 0 Å². The Bertz CT molecular complexity index is 1360. The molecule has 32 heavy (non-hydrogen) atoms. The average Bonchev–Trinajstić information content (AvgIpc) is 2.97. The number of methoxy groups -OCH3 is 5. The normalized spacial score (nSPS) is 10.8. The SMILES string of the molecule is COc1ccc(-c2cc3cc(OC)cc(OC)c3c(=O)c3cc(OC)cc(OC)c23)cc1. The number of fused-ring (bicyclic) bond motifs is 2. The zero-order valence-corrected chi connectivity index (χ0v) is 18.6. The molecule has 0 bridgehead atoms. The maximum absolute atomic E-state index is 13.8. The lowest BCUT2D eigenvalue weighted by atomic mass is 10.00. The van der Waals surface area contributed by atoms with E-state index in [0.29, 0.717) is 44.5 Å². The monoisotopic (exact) mass is 432 g/mol. The van der Waals surface area contributed by atoms with Crippen molar-refractivity contribution in [2.45, 2.75) is 0 Å². The molecule has 0 amide bonds. The van der Waals surface area contributed by atoms with Gasteiger partial charge < -0.3 is 23.7 Å². The van der Waals surface area contributed by atoms with Gasteiger partial charge in [0.15, 0.2) is 5.43 Å². The summed E-state index contributed by atoms with van der Waals surface area (Å²) in [6, 6.07) is 16.7. The lowest BCUT2D eigenvalue weighted by Gasteiger charge is -2.11. The molecule has 0 aliphatic heterocycles. The Balaban J connectivity index is 2.28. The van der Waals surface area contributed by atoms with Crippen LogP contribution in [0.25, 0.3) is 32.7 Å². The molecular weight excluding hydrogens is 408 g/mol. The minimum atomic E-state index is -0.188. The molecule has 0 aromatic heterocycles. The third kappa shape index (κ3) is 3.54. The maximum Gasteiger partial charge on any atom is 0.198 e. The molecule has 4 aromatic carbocycles. The first kappa shape index (κ1) is 21.3. The number of benzene rings is 3. The van der Waals surface area contributed by atoms with Crippen molar-refractivity contribution in [3.05, 3.63) is 64.8 Å². The number of hydrogen-bond acceptors (Lipinski definition) is 6. The van der Waals surface area contributed by atoms with Crippen LogP contribution in [0.5, 0.6) is 28.7 Å². The van der Waals surface area contributed by atoms with Gasteiger partial charge in [-0.1, -0.05) is 12.1 Å². The van der Waals surface area contributed by atoms with E-state index < -0.39 is 0 Å². The summed E-state index contributed by atoms with van der Waals surface area (Å²) in [4.78, 5) is 13.8. The molecule has 0 saturated heterocycles. The van der Waals surface area contributed by atoms with Crippen molar-refractivity contribution in [1.29, 1.82) is 0 Å². The molecule has 0 radical (unpaired) electrons. The average molecular weight is 432 g/mol. The van der Waals surface area contributed by atoms with Crippen molar-refractivity contribution in [1.82, 2.24) is 0 Å². The van der Waals surface area contributed by atoms with Crippen LogP contribution >= 0.6 is 0 Å². The highest BCUT2D eigenvalue weighted by Gasteiger charge is 2.18. The molecule has 0 aliphatic rings. The Morgan fingerprint density at radius 2 is 1.12 bits per heavy atom. The molecule has 6 heteroatoms. The van der Waals surface area contributed by atoms with Gasteiger partial charge in [-0.05, 0) is 46.8 Å². The topological polar surface area (TPSA) is 63.2 Å². The predicted molar refractivity (Wildman–Crippen MR) is 126 cm³/mol. The van der Waals surface area contributed by atoms with E-state index in [9.17, 15) is 4.79 Å². The second kappa shape index (κ2) is 8.67. The van der Waals surface area contributed by atoms with Gasteiger partial charge >= 0.3 is 0 Å². The van der Waals surface area contributed by atoms with E-state index in [2.05, 4.69) is 0 Å². The zero-order valence-electron chi connectivity index (χ0n) is 18.6. The molecule has 4 rings (SSSR count). The molecule has 4 aromatic rings. The minimum absolute atomic E-state index is 0.188. The van der Waals surface area contributed by atoms with E-state index in [4.69, 9.17) is 23.7 Å². The van der Waals surface area contributed by atoms with Gasteiger partial charge in [0.1, 0.15) is 28.7 Å². The van der Waals surface area contributed by atoms with Crippen molar-refractivity contribution < 1.29 is 23.7 Å². The third-order valence-corrected chi connectivity index (χ3v) is 5.53. The van der Waals surface area contributed by atoms with Crippen LogP contribution in [0.4, 0.5) is 0 Å². The Morgan fingerprint density at radius 3 is 1.69 bits per heavy atom. The first-order valence-electron chi connectivity index (χ1n) is 9.97. The molecule has 0 spiro atoms. The van der Waals surface area contributed by atoms with Crippen LogP contribution < -0.4 is 29.1 Å². The van der Waals surface area contributed by atoms with Gasteiger partial charge in [-0.3, -0.25) is 4.79 Å². The van der Waals surface area contributed by atoms with Gasteiger partial charge in [-0.15, -0.1) is 0 Å². The summed E-state index contributed by atoms with van der Waals surface area (Å²) < 4.78 is 27.5. The molecule has 0 N–H and O–H groups in total. The summed E-state index contributed by atoms with van der Waals surface area (Å²) >= 11 is 0. The smallest absolute Gasteiger partial charge is 0.198 e. The number of rotatable bonds is 6. The molecule has 0 unspecified atom stereocenters. The van der Waals surface area contributed by atoms with E-state index in [-0.39, 0.29) is 5.43 Å². The molecule has 0 aliphatic carbocycles. The fraction of sp³-hybridized carbons (Fsp3) is 0.192. The first-order chi connectivity index (χ1) is 15.5. The Labute approximate surface area is 185 Å². The molecule has 0 fully saturated rings. The summed E-state index contributed by atoms with van der Waals surface area (Å²) in [5, 5.41) is 2.29. The second-order valence-electron chi connectivity index (χ2n) is 7.16. The molecule has 6 nitrogen and oxygen atoms in total. The standard InChI is InChI=1S/C26H24O6/c1-28-17-8-6-15(7-9-17)20-11-16-10-18(29-2)13-22(31-4)24(16)26(27)21-12-19(30-3)14-23(32-5)25(20)21/h6-14H,1-5H3. The molecule has 0 atom stereocenters. The summed E-state index contributed by atoms with van der Waals surface area (Å²) in [7, 11) is 7.87. The summed E-state index contributed by atoms with van der Waals surface area (Å²) in [6.45, 7) is 0. The minimum Gasteiger partial charge on any atom is -0.497 e. The Kier molecular flexibility index (Phi) is 5.77. The predicted octanol–water partition coefficient (Wildman–Crippen LogP) is 5.06. The van der Waals surface area contributed by atoms with E-state index in [1.54, 1.807) is 46.6 Å². The van der Waals surface area contributed by atoms with Gasteiger partial charge in [0.05, 0.1) is 40.9 Å². The van der Waals surface area contributed by atoms with Gasteiger partial charge in [-0.2, -0.15) is 0 Å². The zero-order chi connectivity index (χ0) is 22.8. The third-order valence-electron chi connectivity index (χ3n) is 5.53. The van der Waals surface area contributed by atoms with Crippen molar-refractivity contribution >= 4 is 21.5 Å². The van der Waals surface area contributed by atoms with Crippen molar-refractivity contribution in [3.63, 3.8) is 0 Å². The molecule has 0 saturated carbocycles. The highest BCUT2D eigenvalue weighted by Crippen LogP contribution is 2.40. The second-order valence-corrected chi connectivity index (χ2v) is 7.16. The first-order valence-corrected chi connectivity index (χ1v) is 9.97. The quantitative estimate of drug-likeness (QED) is 0.424. The lowest BCUT2D eigenvalue weighted by Crippen LogP contribution is -2.02. The van der Waals surface area contributed by atoms with Crippen LogP contribution in [-0.4, -0.2) is 35.5 Å². The highest BCUT2D eigenvalue weighted by atomic mass is 16.5. The maximum atomic E-state index is 13.8. The summed E-state index contributed by atoms with van der Waals surface area (Å²) in [5.74, 6) is 2.83. The lowest BCUT2D eigenvalue weighted by molar-refractivity contribution is 0.397. The van der Waals surface area contributed by atoms with E-state index in [1.807, 2.05) is 36.4 Å². The van der Waals surface area contributed by atoms with Crippen LogP contribution in [0.15, 0.2) is 59.4 Å². The van der Waals surface area contributed by atoms with Crippen LogP contribution in [0.1, 0.15) is 0 Å². The number of ether oxygens (including phenoxy) is 5. The van der Waals surface area contributed by atoms with Crippen molar-refractivity contribution in [2.75, 3.05) is 35.5 Å². The molecular formula is C26H24O6. The van der Waals surface area contributed by atoms with Gasteiger partial charge in [-0.25, -0.2) is 0 Å². The van der Waals surface area contributed by atoms with E-state index in [1.165, 1.54) is 7.11 Å². The van der Waals surface area contributed by atoms with Crippen LogP contribution in [0.3, 0.4) is 0 Å². The van der Waals surface area contributed by atoms with Crippen LogP contribution in [0.2, 0.25) is 0 Å². The Morgan fingerprint density at radius 1 is 0.562 bits per heavy atom. The van der Waals surface area contributed by atoms with E-state index >= 15 is 0 Å². The molecule has 164 valence electrons. The highest BCUT2D eigenvalue weighted by molar-refractivity contribution is 6.07. The van der Waals surface area contributed by atoms with Gasteiger partial charge in [0.2, 0.25) is 0 Å². The Hall–Kier alpha value is -3.93. The van der Waals surface area contributed by atoms with Crippen LogP contribution in [-0.2, 0) is 0 Å². The van der Waals surface area contributed by atoms with Crippen LogP contribution in [0, 0.1) is 0 Å². The van der Waals surface area contributed by atoms with Crippen molar-refractivity contribution in [3.8, 4) is 39.9 Å². The number of hydrogen-bond donors (Lipinski definition) is 0. The molecule has 0 heterocycles.